The van der Waals surface area contributed by atoms with Crippen LogP contribution >= 0.6 is 0 Å². The van der Waals surface area contributed by atoms with Crippen LogP contribution in [0.3, 0.4) is 0 Å². The van der Waals surface area contributed by atoms with Gasteiger partial charge in [-0.1, -0.05) is 51.0 Å². The van der Waals surface area contributed by atoms with Crippen molar-refractivity contribution in [1.82, 2.24) is 4.98 Å². The zero-order valence-electron chi connectivity index (χ0n) is 17.5. The summed E-state index contributed by atoms with van der Waals surface area (Å²) in [6.07, 6.45) is 12.7. The molecule has 27 heavy (non-hydrogen) atoms. The van der Waals surface area contributed by atoms with E-state index in [4.69, 9.17) is 5.73 Å². The van der Waals surface area contributed by atoms with E-state index in [0.717, 1.165) is 31.7 Å². The molecule has 1 fully saturated rings. The fourth-order valence-corrected chi connectivity index (χ4v) is 5.20. The van der Waals surface area contributed by atoms with Gasteiger partial charge in [0.1, 0.15) is 5.82 Å². The van der Waals surface area contributed by atoms with Crippen molar-refractivity contribution in [3.05, 3.63) is 47.2 Å². The molecule has 1 saturated heterocycles. The van der Waals surface area contributed by atoms with Gasteiger partial charge in [0, 0.05) is 36.2 Å². The molecule has 1 atom stereocenters. The Bertz CT molecular complexity index is 764. The Hall–Kier alpha value is -1.61. The van der Waals surface area contributed by atoms with Crippen molar-refractivity contribution in [3.63, 3.8) is 0 Å². The van der Waals surface area contributed by atoms with Gasteiger partial charge in [0.2, 0.25) is 0 Å². The number of hydrogen-bond donors (Lipinski definition) is 1. The second-order valence-corrected chi connectivity index (χ2v) is 9.95. The molecule has 1 aromatic heterocycles. The predicted molar refractivity (Wildman–Crippen MR) is 114 cm³/mol. The van der Waals surface area contributed by atoms with Crippen molar-refractivity contribution in [2.24, 2.45) is 16.6 Å². The number of hydrogen-bond acceptors (Lipinski definition) is 3. The molecule has 1 aromatic rings. The van der Waals surface area contributed by atoms with Gasteiger partial charge in [-0.15, -0.1) is 0 Å². The zero-order valence-corrected chi connectivity index (χ0v) is 17.5. The second kappa shape index (κ2) is 6.77. The lowest BCUT2D eigenvalue weighted by Crippen LogP contribution is -2.40. The van der Waals surface area contributed by atoms with Crippen molar-refractivity contribution < 1.29 is 0 Å². The molecule has 0 amide bonds. The van der Waals surface area contributed by atoms with Crippen LogP contribution < -0.4 is 10.6 Å². The molecule has 0 radical (unpaired) electrons. The Morgan fingerprint density at radius 1 is 1.00 bits per heavy atom. The van der Waals surface area contributed by atoms with Crippen molar-refractivity contribution >= 4 is 5.82 Å². The summed E-state index contributed by atoms with van der Waals surface area (Å²) in [6, 6.07) is 4.95. The highest BCUT2D eigenvalue weighted by Crippen LogP contribution is 2.52. The van der Waals surface area contributed by atoms with Crippen LogP contribution in [0, 0.1) is 10.8 Å². The Kier molecular flexibility index (Phi) is 4.70. The first kappa shape index (κ1) is 18.7. The predicted octanol–water partition coefficient (Wildman–Crippen LogP) is 5.20. The number of rotatable bonds is 2. The van der Waals surface area contributed by atoms with E-state index in [0.29, 0.717) is 12.0 Å². The lowest BCUT2D eigenvalue weighted by atomic mass is 9.61. The molecule has 146 valence electrons. The molecule has 3 aliphatic rings. The van der Waals surface area contributed by atoms with Crippen LogP contribution in [0.1, 0.15) is 71.3 Å². The number of allylic oxidation sites excluding steroid dienone is 4. The van der Waals surface area contributed by atoms with Gasteiger partial charge in [0.15, 0.2) is 0 Å². The normalized spacial score (nSPS) is 27.6. The third kappa shape index (κ3) is 3.59. The van der Waals surface area contributed by atoms with E-state index in [1.807, 2.05) is 6.20 Å². The van der Waals surface area contributed by atoms with Crippen LogP contribution in [0.15, 0.2) is 41.6 Å². The van der Waals surface area contributed by atoms with E-state index in [1.54, 1.807) is 11.1 Å². The van der Waals surface area contributed by atoms with E-state index in [2.05, 4.69) is 61.9 Å². The van der Waals surface area contributed by atoms with Crippen LogP contribution in [0.5, 0.6) is 0 Å². The molecule has 3 nitrogen and oxygen atoms in total. The standard InChI is InChI=1S/C24H35N3/c1-23(2)10-11-24(3,4)21-15-17(5-6-20(21)23)18-7-12-26-22(16-18)27-13-8-19(25)9-14-27/h7,10-12,16-17,19H,5-6,8-9,13-15,25H2,1-4H3. The average molecular weight is 366 g/mol. The molecular formula is C24H35N3. The molecule has 2 aliphatic carbocycles. The number of nitrogens with zero attached hydrogens (tertiary/aromatic N) is 2. The monoisotopic (exact) mass is 365 g/mol. The van der Waals surface area contributed by atoms with Crippen molar-refractivity contribution in [3.8, 4) is 0 Å². The highest BCUT2D eigenvalue weighted by atomic mass is 15.2. The van der Waals surface area contributed by atoms with E-state index < -0.39 is 0 Å². The highest BCUT2D eigenvalue weighted by molar-refractivity contribution is 5.45. The molecule has 4 rings (SSSR count). The Labute approximate surface area is 164 Å². The quantitative estimate of drug-likeness (QED) is 0.733. The van der Waals surface area contributed by atoms with Gasteiger partial charge >= 0.3 is 0 Å². The van der Waals surface area contributed by atoms with Crippen LogP contribution in [0.25, 0.3) is 0 Å². The second-order valence-electron chi connectivity index (χ2n) is 9.95. The average Bonchev–Trinajstić information content (AvgIpc) is 2.66. The summed E-state index contributed by atoms with van der Waals surface area (Å²) >= 11 is 0. The van der Waals surface area contributed by atoms with Crippen molar-refractivity contribution in [1.29, 1.82) is 0 Å². The molecule has 0 aromatic carbocycles. The van der Waals surface area contributed by atoms with E-state index in [9.17, 15) is 0 Å². The minimum absolute atomic E-state index is 0.183. The Balaban J connectivity index is 1.57. The maximum absolute atomic E-state index is 6.07. The lowest BCUT2D eigenvalue weighted by molar-refractivity contribution is 0.393. The zero-order chi connectivity index (χ0) is 19.2. The van der Waals surface area contributed by atoms with Gasteiger partial charge in [0.05, 0.1) is 0 Å². The minimum atomic E-state index is 0.183. The van der Waals surface area contributed by atoms with Crippen LogP contribution in [-0.4, -0.2) is 24.1 Å². The Morgan fingerprint density at radius 3 is 2.37 bits per heavy atom. The van der Waals surface area contributed by atoms with Crippen LogP contribution in [0.4, 0.5) is 5.82 Å². The minimum Gasteiger partial charge on any atom is -0.356 e. The van der Waals surface area contributed by atoms with Crippen LogP contribution in [-0.2, 0) is 0 Å². The lowest BCUT2D eigenvalue weighted by Gasteiger charge is -2.44. The summed E-state index contributed by atoms with van der Waals surface area (Å²) in [5, 5.41) is 0. The summed E-state index contributed by atoms with van der Waals surface area (Å²) in [7, 11) is 0. The topological polar surface area (TPSA) is 42.2 Å². The summed E-state index contributed by atoms with van der Waals surface area (Å²) in [6.45, 7) is 11.6. The number of nitrogens with two attached hydrogens (primary N) is 1. The number of anilines is 1. The largest absolute Gasteiger partial charge is 0.356 e. The molecule has 0 bridgehead atoms. The van der Waals surface area contributed by atoms with E-state index in [-0.39, 0.29) is 10.8 Å². The third-order valence-electron chi connectivity index (χ3n) is 7.13. The first-order valence-electron chi connectivity index (χ1n) is 10.7. The fourth-order valence-electron chi connectivity index (χ4n) is 5.20. The molecule has 3 heteroatoms. The van der Waals surface area contributed by atoms with Gasteiger partial charge in [-0.05, 0) is 55.7 Å². The first-order chi connectivity index (χ1) is 12.8. The highest BCUT2D eigenvalue weighted by Gasteiger charge is 2.38. The summed E-state index contributed by atoms with van der Waals surface area (Å²) in [4.78, 5) is 7.09. The van der Waals surface area contributed by atoms with Gasteiger partial charge in [0.25, 0.3) is 0 Å². The van der Waals surface area contributed by atoms with Gasteiger partial charge in [-0.25, -0.2) is 4.98 Å². The summed E-state index contributed by atoms with van der Waals surface area (Å²) in [5.41, 5.74) is 11.3. The first-order valence-corrected chi connectivity index (χ1v) is 10.7. The molecule has 2 N–H and O–H groups in total. The number of aromatic nitrogens is 1. The maximum atomic E-state index is 6.07. The number of pyridine rings is 1. The molecule has 2 heterocycles. The SMILES string of the molecule is CC1(C)C=CC(C)(C)C2=C1CCC(c1ccnc(N3CCC(N)CC3)c1)C2. The third-order valence-corrected chi connectivity index (χ3v) is 7.13. The molecular weight excluding hydrogens is 330 g/mol. The van der Waals surface area contributed by atoms with E-state index >= 15 is 0 Å². The molecule has 0 spiro atoms. The van der Waals surface area contributed by atoms with Crippen molar-refractivity contribution in [2.75, 3.05) is 18.0 Å². The van der Waals surface area contributed by atoms with Crippen molar-refractivity contribution in [2.45, 2.75) is 71.8 Å². The smallest absolute Gasteiger partial charge is 0.128 e. The summed E-state index contributed by atoms with van der Waals surface area (Å²) < 4.78 is 0. The molecule has 0 saturated carbocycles. The molecule has 1 aliphatic heterocycles. The number of piperidine rings is 1. The maximum Gasteiger partial charge on any atom is 0.128 e. The molecule has 1 unspecified atom stereocenters. The van der Waals surface area contributed by atoms with Gasteiger partial charge in [-0.2, -0.15) is 0 Å². The van der Waals surface area contributed by atoms with Gasteiger partial charge in [-0.3, -0.25) is 0 Å². The summed E-state index contributed by atoms with van der Waals surface area (Å²) in [5.74, 6) is 1.75. The van der Waals surface area contributed by atoms with E-state index in [1.165, 1.54) is 24.8 Å². The fraction of sp³-hybridized carbons (Fsp3) is 0.625. The van der Waals surface area contributed by atoms with Gasteiger partial charge < -0.3 is 10.6 Å². The Morgan fingerprint density at radius 2 is 1.67 bits per heavy atom. The van der Waals surface area contributed by atoms with Crippen LogP contribution in [0.2, 0.25) is 0 Å².